The predicted octanol–water partition coefficient (Wildman–Crippen LogP) is 0.118. The Morgan fingerprint density at radius 1 is 1.35 bits per heavy atom. The first kappa shape index (κ1) is 12.3. The average Bonchev–Trinajstić information content (AvgIpc) is 2.31. The summed E-state index contributed by atoms with van der Waals surface area (Å²) in [4.78, 5) is 13.5. The molecular weight excluding hydrogens is 214 g/mol. The van der Waals surface area contributed by atoms with Crippen molar-refractivity contribution >= 4 is 5.95 Å². The predicted molar refractivity (Wildman–Crippen MR) is 69.1 cm³/mol. The van der Waals surface area contributed by atoms with Gasteiger partial charge in [0.1, 0.15) is 0 Å². The molecule has 0 bridgehead atoms. The van der Waals surface area contributed by atoms with E-state index in [4.69, 9.17) is 5.73 Å². The number of rotatable bonds is 3. The maximum atomic E-state index is 5.51. The van der Waals surface area contributed by atoms with E-state index >= 15 is 0 Å². The van der Waals surface area contributed by atoms with E-state index in [1.165, 1.54) is 0 Å². The fraction of sp³-hybridized carbons (Fsp3) is 0.667. The minimum absolute atomic E-state index is 0.467. The molecule has 1 unspecified atom stereocenters. The zero-order valence-electron chi connectivity index (χ0n) is 10.6. The Hall–Kier alpha value is -1.20. The molecule has 1 saturated heterocycles. The molecule has 1 fully saturated rings. The molecule has 0 amide bonds. The molecule has 1 aliphatic heterocycles. The van der Waals surface area contributed by atoms with Gasteiger partial charge in [0.25, 0.3) is 0 Å². The highest BCUT2D eigenvalue weighted by Crippen LogP contribution is 2.15. The lowest BCUT2D eigenvalue weighted by Crippen LogP contribution is -2.51. The van der Waals surface area contributed by atoms with Crippen molar-refractivity contribution in [3.05, 3.63) is 18.0 Å². The number of aromatic nitrogens is 2. The van der Waals surface area contributed by atoms with Gasteiger partial charge in [0.2, 0.25) is 5.95 Å². The van der Waals surface area contributed by atoms with Crippen molar-refractivity contribution in [2.24, 2.45) is 5.73 Å². The molecular formula is C12H21N5. The molecule has 1 aliphatic rings. The van der Waals surface area contributed by atoms with Crippen LogP contribution in [0.2, 0.25) is 0 Å². The van der Waals surface area contributed by atoms with Gasteiger partial charge in [0.05, 0.1) is 0 Å². The molecule has 5 nitrogen and oxygen atoms in total. The quantitative estimate of drug-likeness (QED) is 0.806. The second-order valence-corrected chi connectivity index (χ2v) is 4.73. The summed E-state index contributed by atoms with van der Waals surface area (Å²) in [6.45, 7) is 5.99. The molecule has 1 atom stereocenters. The van der Waals surface area contributed by atoms with Crippen LogP contribution in [-0.4, -0.2) is 54.1 Å². The van der Waals surface area contributed by atoms with E-state index in [2.05, 4.69) is 33.7 Å². The van der Waals surface area contributed by atoms with Gasteiger partial charge in [0, 0.05) is 38.1 Å². The van der Waals surface area contributed by atoms with Gasteiger partial charge in [-0.15, -0.1) is 0 Å². The zero-order chi connectivity index (χ0) is 12.3. The lowest BCUT2D eigenvalue weighted by atomic mass is 10.2. The molecule has 1 aromatic rings. The Balaban J connectivity index is 2.06. The van der Waals surface area contributed by atoms with Crippen molar-refractivity contribution in [2.45, 2.75) is 19.4 Å². The van der Waals surface area contributed by atoms with E-state index in [9.17, 15) is 0 Å². The van der Waals surface area contributed by atoms with Crippen LogP contribution in [-0.2, 0) is 6.42 Å². The Labute approximate surface area is 103 Å². The highest BCUT2D eigenvalue weighted by atomic mass is 15.3. The third-order valence-corrected chi connectivity index (χ3v) is 3.21. The van der Waals surface area contributed by atoms with Crippen molar-refractivity contribution in [2.75, 3.05) is 38.1 Å². The summed E-state index contributed by atoms with van der Waals surface area (Å²) in [5, 5.41) is 0. The molecule has 0 aliphatic carbocycles. The highest BCUT2D eigenvalue weighted by molar-refractivity contribution is 5.32. The lowest BCUT2D eigenvalue weighted by Gasteiger charge is -2.38. The summed E-state index contributed by atoms with van der Waals surface area (Å²) in [5.74, 6) is 0.839. The average molecular weight is 235 g/mol. The van der Waals surface area contributed by atoms with Gasteiger partial charge in [-0.25, -0.2) is 9.97 Å². The first-order valence-corrected chi connectivity index (χ1v) is 6.17. The second-order valence-electron chi connectivity index (χ2n) is 4.73. The van der Waals surface area contributed by atoms with Gasteiger partial charge in [-0.05, 0) is 32.5 Å². The van der Waals surface area contributed by atoms with Gasteiger partial charge in [-0.2, -0.15) is 0 Å². The van der Waals surface area contributed by atoms with Gasteiger partial charge in [0.15, 0.2) is 0 Å². The van der Waals surface area contributed by atoms with E-state index in [-0.39, 0.29) is 0 Å². The first-order valence-electron chi connectivity index (χ1n) is 6.17. The molecule has 0 aromatic carbocycles. The third kappa shape index (κ3) is 2.92. The number of piperazine rings is 1. The molecule has 94 valence electrons. The summed E-state index contributed by atoms with van der Waals surface area (Å²) in [6, 6.07) is 0.467. The molecule has 2 heterocycles. The van der Waals surface area contributed by atoms with Gasteiger partial charge in [-0.1, -0.05) is 0 Å². The topological polar surface area (TPSA) is 58.3 Å². The molecule has 5 heteroatoms. The van der Waals surface area contributed by atoms with E-state index in [0.29, 0.717) is 12.6 Å². The molecule has 0 spiro atoms. The van der Waals surface area contributed by atoms with Gasteiger partial charge >= 0.3 is 0 Å². The van der Waals surface area contributed by atoms with Crippen LogP contribution in [0.4, 0.5) is 5.95 Å². The smallest absolute Gasteiger partial charge is 0.225 e. The summed E-state index contributed by atoms with van der Waals surface area (Å²) in [6.07, 6.45) is 4.62. The molecule has 0 radical (unpaired) electrons. The van der Waals surface area contributed by atoms with E-state index in [0.717, 1.165) is 37.6 Å². The maximum Gasteiger partial charge on any atom is 0.225 e. The molecule has 17 heavy (non-hydrogen) atoms. The lowest BCUT2D eigenvalue weighted by molar-refractivity contribution is 0.273. The number of anilines is 1. The normalized spacial score (nSPS) is 21.8. The molecule has 1 aromatic heterocycles. The Morgan fingerprint density at radius 3 is 2.65 bits per heavy atom. The second kappa shape index (κ2) is 5.42. The van der Waals surface area contributed by atoms with Crippen LogP contribution in [0.5, 0.6) is 0 Å². The number of nitrogens with zero attached hydrogens (tertiary/aromatic N) is 4. The minimum atomic E-state index is 0.467. The summed E-state index contributed by atoms with van der Waals surface area (Å²) in [5.41, 5.74) is 6.62. The van der Waals surface area contributed by atoms with Crippen molar-refractivity contribution in [1.82, 2.24) is 14.9 Å². The van der Waals surface area contributed by atoms with Gasteiger partial charge in [-0.3, -0.25) is 0 Å². The Bertz CT molecular complexity index is 350. The van der Waals surface area contributed by atoms with Crippen LogP contribution in [0.25, 0.3) is 0 Å². The number of likely N-dealkylation sites (N-methyl/N-ethyl adjacent to an activating group) is 1. The fourth-order valence-electron chi connectivity index (χ4n) is 2.23. The van der Waals surface area contributed by atoms with Crippen molar-refractivity contribution in [1.29, 1.82) is 0 Å². The van der Waals surface area contributed by atoms with Crippen LogP contribution in [0.3, 0.4) is 0 Å². The Kier molecular flexibility index (Phi) is 3.91. The van der Waals surface area contributed by atoms with Crippen LogP contribution in [0.15, 0.2) is 12.4 Å². The number of hydrogen-bond donors (Lipinski definition) is 1. The van der Waals surface area contributed by atoms with E-state index in [1.54, 1.807) is 0 Å². The van der Waals surface area contributed by atoms with Crippen LogP contribution in [0, 0.1) is 0 Å². The zero-order valence-corrected chi connectivity index (χ0v) is 10.6. The summed E-state index contributed by atoms with van der Waals surface area (Å²) in [7, 11) is 2.15. The molecule has 2 N–H and O–H groups in total. The minimum Gasteiger partial charge on any atom is -0.336 e. The van der Waals surface area contributed by atoms with Crippen molar-refractivity contribution in [3.63, 3.8) is 0 Å². The molecule has 0 saturated carbocycles. The standard InChI is InChI=1S/C12H21N5/c1-10-9-16(2)5-6-17(10)12-14-7-11(3-4-13)8-15-12/h7-8,10H,3-6,9,13H2,1-2H3. The van der Waals surface area contributed by atoms with Crippen molar-refractivity contribution < 1.29 is 0 Å². The monoisotopic (exact) mass is 235 g/mol. The molecule has 2 rings (SSSR count). The van der Waals surface area contributed by atoms with E-state index < -0.39 is 0 Å². The van der Waals surface area contributed by atoms with Crippen LogP contribution < -0.4 is 10.6 Å². The number of nitrogens with two attached hydrogens (primary N) is 1. The first-order chi connectivity index (χ1) is 8.20. The fourth-order valence-corrected chi connectivity index (χ4v) is 2.23. The highest BCUT2D eigenvalue weighted by Gasteiger charge is 2.23. The summed E-state index contributed by atoms with van der Waals surface area (Å²) >= 11 is 0. The largest absolute Gasteiger partial charge is 0.336 e. The summed E-state index contributed by atoms with van der Waals surface area (Å²) < 4.78 is 0. The number of hydrogen-bond acceptors (Lipinski definition) is 5. The third-order valence-electron chi connectivity index (χ3n) is 3.21. The van der Waals surface area contributed by atoms with Crippen LogP contribution >= 0.6 is 0 Å². The SMILES string of the molecule is CC1CN(C)CCN1c1ncc(CCN)cn1. The van der Waals surface area contributed by atoms with Crippen LogP contribution in [0.1, 0.15) is 12.5 Å². The Morgan fingerprint density at radius 2 is 2.06 bits per heavy atom. The maximum absolute atomic E-state index is 5.51. The van der Waals surface area contributed by atoms with Crippen molar-refractivity contribution in [3.8, 4) is 0 Å². The van der Waals surface area contributed by atoms with Gasteiger partial charge < -0.3 is 15.5 Å². The van der Waals surface area contributed by atoms with E-state index in [1.807, 2.05) is 12.4 Å².